The summed E-state index contributed by atoms with van der Waals surface area (Å²) in [4.78, 5) is 4.61. The molecule has 1 N–H and O–H groups in total. The number of benzene rings is 1. The van der Waals surface area contributed by atoms with Gasteiger partial charge in [0.1, 0.15) is 0 Å². The Bertz CT molecular complexity index is 552. The Morgan fingerprint density at radius 1 is 1.00 bits per heavy atom. The minimum atomic E-state index is -0.761. The summed E-state index contributed by atoms with van der Waals surface area (Å²) in [6.07, 6.45) is 0.571. The molecule has 1 unspecified atom stereocenters. The number of aromatic nitrogens is 1. The number of hydrogen-bond acceptors (Lipinski definition) is 2. The standard InChI is InChI=1S/C16H21NO/c1-15(2,3)16(4,18)11-13-10-9-12-7-5-6-8-14(12)17-13/h5-10,18H,11H2,1-4H3. The van der Waals surface area contributed by atoms with E-state index in [1.165, 1.54) is 0 Å². The lowest BCUT2D eigenvalue weighted by molar-refractivity contribution is -0.0412. The summed E-state index contributed by atoms with van der Waals surface area (Å²) in [5.41, 5.74) is 0.997. The fraction of sp³-hybridized carbons (Fsp3) is 0.438. The third kappa shape index (κ3) is 2.54. The summed E-state index contributed by atoms with van der Waals surface area (Å²) in [7, 11) is 0. The molecule has 2 aromatic rings. The summed E-state index contributed by atoms with van der Waals surface area (Å²) in [6, 6.07) is 12.1. The molecule has 1 aromatic heterocycles. The molecule has 0 aliphatic heterocycles. The van der Waals surface area contributed by atoms with Gasteiger partial charge in [-0.1, -0.05) is 45.0 Å². The second kappa shape index (κ2) is 4.36. The topological polar surface area (TPSA) is 33.1 Å². The highest BCUT2D eigenvalue weighted by molar-refractivity contribution is 5.78. The molecule has 0 saturated carbocycles. The molecule has 96 valence electrons. The van der Waals surface area contributed by atoms with E-state index in [4.69, 9.17) is 0 Å². The maximum absolute atomic E-state index is 10.5. The number of aliphatic hydroxyl groups is 1. The third-order valence-corrected chi connectivity index (χ3v) is 3.80. The van der Waals surface area contributed by atoms with Gasteiger partial charge in [0.2, 0.25) is 0 Å². The molecule has 0 fully saturated rings. The lowest BCUT2D eigenvalue weighted by atomic mass is 9.75. The summed E-state index contributed by atoms with van der Waals surface area (Å²) in [6.45, 7) is 8.03. The van der Waals surface area contributed by atoms with Crippen LogP contribution in [0, 0.1) is 5.41 Å². The molecule has 0 amide bonds. The number of fused-ring (bicyclic) bond motifs is 1. The predicted octanol–water partition coefficient (Wildman–Crippen LogP) is 3.57. The molecular formula is C16H21NO. The SMILES string of the molecule is CC(C)(C)C(C)(O)Cc1ccc2ccccc2n1. The highest BCUT2D eigenvalue weighted by atomic mass is 16.3. The Kier molecular flexibility index (Phi) is 3.16. The fourth-order valence-electron chi connectivity index (χ4n) is 1.82. The van der Waals surface area contributed by atoms with Crippen molar-refractivity contribution in [3.8, 4) is 0 Å². The second-order valence-corrected chi connectivity index (χ2v) is 6.20. The first-order valence-electron chi connectivity index (χ1n) is 6.37. The van der Waals surface area contributed by atoms with Gasteiger partial charge < -0.3 is 5.11 Å². The van der Waals surface area contributed by atoms with Gasteiger partial charge in [-0.3, -0.25) is 4.98 Å². The van der Waals surface area contributed by atoms with Crippen molar-refractivity contribution in [1.29, 1.82) is 0 Å². The first-order chi connectivity index (χ1) is 8.29. The van der Waals surface area contributed by atoms with Gasteiger partial charge >= 0.3 is 0 Å². The Morgan fingerprint density at radius 2 is 1.67 bits per heavy atom. The zero-order valence-electron chi connectivity index (χ0n) is 11.6. The summed E-state index contributed by atoms with van der Waals surface area (Å²) in [5, 5.41) is 11.7. The van der Waals surface area contributed by atoms with Crippen molar-refractivity contribution in [3.05, 3.63) is 42.1 Å². The zero-order chi connectivity index (χ0) is 13.4. The van der Waals surface area contributed by atoms with Gasteiger partial charge in [-0.2, -0.15) is 0 Å². The molecule has 1 heterocycles. The van der Waals surface area contributed by atoms with Crippen LogP contribution in [0.2, 0.25) is 0 Å². The van der Waals surface area contributed by atoms with Crippen LogP contribution in [0.5, 0.6) is 0 Å². The normalized spacial score (nSPS) is 15.6. The molecule has 2 heteroatoms. The maximum Gasteiger partial charge on any atom is 0.0722 e. The minimum absolute atomic E-state index is 0.166. The molecule has 0 bridgehead atoms. The quantitative estimate of drug-likeness (QED) is 0.874. The number of para-hydroxylation sites is 1. The van der Waals surface area contributed by atoms with Crippen LogP contribution in [0.15, 0.2) is 36.4 Å². The molecule has 0 aliphatic carbocycles. The molecule has 0 radical (unpaired) electrons. The smallest absolute Gasteiger partial charge is 0.0722 e. The number of hydrogen-bond donors (Lipinski definition) is 1. The zero-order valence-corrected chi connectivity index (χ0v) is 11.6. The molecule has 2 rings (SSSR count). The van der Waals surface area contributed by atoms with E-state index in [0.717, 1.165) is 16.6 Å². The van der Waals surface area contributed by atoms with Crippen LogP contribution < -0.4 is 0 Å². The van der Waals surface area contributed by atoms with Crippen molar-refractivity contribution in [2.45, 2.75) is 39.7 Å². The Balaban J connectivity index is 2.33. The average molecular weight is 243 g/mol. The molecule has 18 heavy (non-hydrogen) atoms. The average Bonchev–Trinajstić information content (AvgIpc) is 2.27. The first-order valence-corrected chi connectivity index (χ1v) is 6.37. The molecule has 0 aliphatic rings. The van der Waals surface area contributed by atoms with Crippen molar-refractivity contribution in [2.75, 3.05) is 0 Å². The van der Waals surface area contributed by atoms with Gasteiger partial charge in [0.25, 0.3) is 0 Å². The largest absolute Gasteiger partial charge is 0.389 e. The van der Waals surface area contributed by atoms with E-state index in [2.05, 4.69) is 11.1 Å². The Labute approximate surface area is 109 Å². The molecule has 2 nitrogen and oxygen atoms in total. The van der Waals surface area contributed by atoms with Crippen molar-refractivity contribution in [1.82, 2.24) is 4.98 Å². The van der Waals surface area contributed by atoms with Gasteiger partial charge in [-0.15, -0.1) is 0 Å². The maximum atomic E-state index is 10.5. The first kappa shape index (κ1) is 13.0. The van der Waals surface area contributed by atoms with Crippen LogP contribution in [0.1, 0.15) is 33.4 Å². The van der Waals surface area contributed by atoms with Crippen LogP contribution in [0.25, 0.3) is 10.9 Å². The van der Waals surface area contributed by atoms with Gasteiger partial charge in [0, 0.05) is 17.5 Å². The molecule has 0 saturated heterocycles. The highest BCUT2D eigenvalue weighted by Crippen LogP contribution is 2.32. The third-order valence-electron chi connectivity index (χ3n) is 3.80. The van der Waals surface area contributed by atoms with E-state index in [1.54, 1.807) is 0 Å². The summed E-state index contributed by atoms with van der Waals surface area (Å²) >= 11 is 0. The van der Waals surface area contributed by atoms with Gasteiger partial charge in [0.05, 0.1) is 11.1 Å². The van der Waals surface area contributed by atoms with Crippen LogP contribution in [0.3, 0.4) is 0 Å². The van der Waals surface area contributed by atoms with Crippen LogP contribution in [-0.4, -0.2) is 15.7 Å². The number of rotatable bonds is 2. The van der Waals surface area contributed by atoms with Crippen LogP contribution in [0.4, 0.5) is 0 Å². The van der Waals surface area contributed by atoms with E-state index >= 15 is 0 Å². The fourth-order valence-corrected chi connectivity index (χ4v) is 1.82. The van der Waals surface area contributed by atoms with E-state index in [1.807, 2.05) is 58.0 Å². The van der Waals surface area contributed by atoms with Crippen LogP contribution in [-0.2, 0) is 6.42 Å². The van der Waals surface area contributed by atoms with E-state index in [9.17, 15) is 5.11 Å². The lowest BCUT2D eigenvalue weighted by Gasteiger charge is -2.37. The number of pyridine rings is 1. The van der Waals surface area contributed by atoms with E-state index in [0.29, 0.717) is 6.42 Å². The van der Waals surface area contributed by atoms with Gasteiger partial charge in [-0.25, -0.2) is 0 Å². The van der Waals surface area contributed by atoms with Gasteiger partial charge in [-0.05, 0) is 24.5 Å². The molecular weight excluding hydrogens is 222 g/mol. The van der Waals surface area contributed by atoms with Crippen molar-refractivity contribution in [2.24, 2.45) is 5.41 Å². The monoisotopic (exact) mass is 243 g/mol. The van der Waals surface area contributed by atoms with Crippen LogP contribution >= 0.6 is 0 Å². The van der Waals surface area contributed by atoms with Crippen molar-refractivity contribution >= 4 is 10.9 Å². The number of nitrogens with zero attached hydrogens (tertiary/aromatic N) is 1. The Morgan fingerprint density at radius 3 is 2.33 bits per heavy atom. The van der Waals surface area contributed by atoms with Crippen molar-refractivity contribution in [3.63, 3.8) is 0 Å². The van der Waals surface area contributed by atoms with Crippen molar-refractivity contribution < 1.29 is 5.11 Å². The van der Waals surface area contributed by atoms with E-state index in [-0.39, 0.29) is 5.41 Å². The van der Waals surface area contributed by atoms with E-state index < -0.39 is 5.60 Å². The van der Waals surface area contributed by atoms with Gasteiger partial charge in [0.15, 0.2) is 0 Å². The second-order valence-electron chi connectivity index (χ2n) is 6.20. The predicted molar refractivity (Wildman–Crippen MR) is 75.5 cm³/mol. The minimum Gasteiger partial charge on any atom is -0.389 e. The molecule has 1 aromatic carbocycles. The summed E-state index contributed by atoms with van der Waals surface area (Å²) in [5.74, 6) is 0. The highest BCUT2D eigenvalue weighted by Gasteiger charge is 2.35. The Hall–Kier alpha value is -1.41. The molecule has 1 atom stereocenters. The molecule has 0 spiro atoms. The summed E-state index contributed by atoms with van der Waals surface area (Å²) < 4.78 is 0. The lowest BCUT2D eigenvalue weighted by Crippen LogP contribution is -2.41.